The highest BCUT2D eigenvalue weighted by Crippen LogP contribution is 2.36. The summed E-state index contributed by atoms with van der Waals surface area (Å²) in [4.78, 5) is 26.7. The SMILES string of the molecule is CCC(C)C(C(=O)O)N1C(=O)C(=Cc2cccs2)SC1=S. The Morgan fingerprint density at radius 3 is 2.81 bits per heavy atom. The summed E-state index contributed by atoms with van der Waals surface area (Å²) < 4.78 is 0.315. The van der Waals surface area contributed by atoms with Crippen LogP contribution >= 0.6 is 35.3 Å². The molecule has 1 aromatic heterocycles. The second-order valence-corrected chi connectivity index (χ2v) is 7.39. The van der Waals surface area contributed by atoms with Crippen molar-refractivity contribution in [2.45, 2.75) is 26.3 Å². The Morgan fingerprint density at radius 2 is 2.29 bits per heavy atom. The Balaban J connectivity index is 2.31. The topological polar surface area (TPSA) is 57.6 Å². The van der Waals surface area contributed by atoms with Gasteiger partial charge in [-0.25, -0.2) is 4.79 Å². The number of thiocarbonyl (C=S) groups is 1. The molecule has 1 aliphatic rings. The highest BCUT2D eigenvalue weighted by molar-refractivity contribution is 8.26. The van der Waals surface area contributed by atoms with Gasteiger partial charge in [0, 0.05) is 4.88 Å². The molecule has 0 spiro atoms. The Morgan fingerprint density at radius 1 is 1.57 bits per heavy atom. The molecule has 0 radical (unpaired) electrons. The van der Waals surface area contributed by atoms with E-state index in [1.54, 1.807) is 6.08 Å². The lowest BCUT2D eigenvalue weighted by atomic mass is 9.98. The lowest BCUT2D eigenvalue weighted by molar-refractivity contribution is -0.147. The lowest BCUT2D eigenvalue weighted by Crippen LogP contribution is -2.47. The first-order chi connectivity index (χ1) is 9.95. The van der Waals surface area contributed by atoms with E-state index in [4.69, 9.17) is 12.2 Å². The maximum absolute atomic E-state index is 12.5. The van der Waals surface area contributed by atoms with Crippen LogP contribution in [-0.4, -0.2) is 32.2 Å². The number of carboxylic acid groups (broad SMARTS) is 1. The molecule has 1 N–H and O–H groups in total. The third kappa shape index (κ3) is 3.36. The molecular weight excluding hydrogens is 326 g/mol. The van der Waals surface area contributed by atoms with Gasteiger partial charge in [-0.2, -0.15) is 0 Å². The van der Waals surface area contributed by atoms with Gasteiger partial charge in [0.25, 0.3) is 5.91 Å². The Bertz CT molecular complexity index is 595. The van der Waals surface area contributed by atoms with E-state index in [-0.39, 0.29) is 11.8 Å². The van der Waals surface area contributed by atoms with Gasteiger partial charge < -0.3 is 5.11 Å². The van der Waals surface area contributed by atoms with Crippen molar-refractivity contribution in [3.63, 3.8) is 0 Å². The number of aliphatic carboxylic acids is 1. The second-order valence-electron chi connectivity index (χ2n) is 4.74. The van der Waals surface area contributed by atoms with Crippen molar-refractivity contribution in [3.05, 3.63) is 27.3 Å². The molecule has 1 aliphatic heterocycles. The van der Waals surface area contributed by atoms with Crippen molar-refractivity contribution in [1.82, 2.24) is 4.90 Å². The molecule has 4 nitrogen and oxygen atoms in total. The molecule has 0 aliphatic carbocycles. The maximum atomic E-state index is 12.5. The van der Waals surface area contributed by atoms with Gasteiger partial charge >= 0.3 is 5.97 Å². The van der Waals surface area contributed by atoms with Crippen molar-refractivity contribution in [2.24, 2.45) is 5.92 Å². The van der Waals surface area contributed by atoms with Gasteiger partial charge in [-0.05, 0) is 23.4 Å². The highest BCUT2D eigenvalue weighted by atomic mass is 32.2. The summed E-state index contributed by atoms with van der Waals surface area (Å²) >= 11 is 7.91. The summed E-state index contributed by atoms with van der Waals surface area (Å²) in [6.07, 6.45) is 2.43. The molecule has 1 fully saturated rings. The van der Waals surface area contributed by atoms with Crippen LogP contribution in [0.3, 0.4) is 0 Å². The number of nitrogens with zero attached hydrogens (tertiary/aromatic N) is 1. The van der Waals surface area contributed by atoms with E-state index >= 15 is 0 Å². The summed E-state index contributed by atoms with van der Waals surface area (Å²) in [5.74, 6) is -1.49. The van der Waals surface area contributed by atoms with E-state index in [1.807, 2.05) is 31.4 Å². The first-order valence-corrected chi connectivity index (χ1v) is 8.59. The van der Waals surface area contributed by atoms with Crippen LogP contribution in [0.25, 0.3) is 6.08 Å². The summed E-state index contributed by atoms with van der Waals surface area (Å²) in [5, 5.41) is 11.4. The molecule has 21 heavy (non-hydrogen) atoms. The Labute approximate surface area is 136 Å². The molecule has 1 amide bonds. The van der Waals surface area contributed by atoms with Crippen LogP contribution in [0.4, 0.5) is 0 Å². The van der Waals surface area contributed by atoms with E-state index in [1.165, 1.54) is 28.0 Å². The number of thiophene rings is 1. The predicted molar refractivity (Wildman–Crippen MR) is 90.2 cm³/mol. The summed E-state index contributed by atoms with van der Waals surface area (Å²) in [5.41, 5.74) is 0. The van der Waals surface area contributed by atoms with Crippen LogP contribution in [-0.2, 0) is 9.59 Å². The molecule has 0 aromatic carbocycles. The third-order valence-electron chi connectivity index (χ3n) is 3.35. The number of carboxylic acids is 1. The van der Waals surface area contributed by atoms with Gasteiger partial charge in [0.05, 0.1) is 4.91 Å². The van der Waals surface area contributed by atoms with Crippen molar-refractivity contribution in [3.8, 4) is 0 Å². The van der Waals surface area contributed by atoms with E-state index in [2.05, 4.69) is 0 Å². The van der Waals surface area contributed by atoms with Gasteiger partial charge in [-0.3, -0.25) is 9.69 Å². The number of carbonyl (C=O) groups excluding carboxylic acids is 1. The molecule has 0 saturated carbocycles. The van der Waals surface area contributed by atoms with Crippen LogP contribution in [0.5, 0.6) is 0 Å². The molecule has 2 unspecified atom stereocenters. The lowest BCUT2D eigenvalue weighted by Gasteiger charge is -2.27. The van der Waals surface area contributed by atoms with E-state index in [0.717, 1.165) is 4.88 Å². The van der Waals surface area contributed by atoms with Crippen molar-refractivity contribution < 1.29 is 14.7 Å². The molecule has 7 heteroatoms. The summed E-state index contributed by atoms with van der Waals surface area (Å²) in [7, 11) is 0. The molecule has 1 saturated heterocycles. The molecule has 1 aromatic rings. The smallest absolute Gasteiger partial charge is 0.327 e. The minimum absolute atomic E-state index is 0.161. The predicted octanol–water partition coefficient (Wildman–Crippen LogP) is 3.45. The fourth-order valence-electron chi connectivity index (χ4n) is 2.05. The van der Waals surface area contributed by atoms with Crippen LogP contribution in [0, 0.1) is 5.92 Å². The van der Waals surface area contributed by atoms with Gasteiger partial charge in [-0.15, -0.1) is 11.3 Å². The molecular formula is C14H15NO3S3. The monoisotopic (exact) mass is 341 g/mol. The van der Waals surface area contributed by atoms with Crippen LogP contribution in [0.15, 0.2) is 22.4 Å². The van der Waals surface area contributed by atoms with Crippen LogP contribution in [0.1, 0.15) is 25.1 Å². The van der Waals surface area contributed by atoms with Gasteiger partial charge in [-0.1, -0.05) is 50.3 Å². The average Bonchev–Trinajstić information content (AvgIpc) is 3.02. The van der Waals surface area contributed by atoms with Crippen molar-refractivity contribution in [2.75, 3.05) is 0 Å². The fourth-order valence-corrected chi connectivity index (χ4v) is 4.11. The average molecular weight is 341 g/mol. The largest absolute Gasteiger partial charge is 0.480 e. The Kier molecular flexibility index (Phi) is 5.18. The number of rotatable bonds is 5. The first-order valence-electron chi connectivity index (χ1n) is 6.49. The summed E-state index contributed by atoms with van der Waals surface area (Å²) in [6.45, 7) is 3.72. The van der Waals surface area contributed by atoms with E-state index < -0.39 is 12.0 Å². The van der Waals surface area contributed by atoms with Crippen LogP contribution < -0.4 is 0 Å². The van der Waals surface area contributed by atoms with Crippen molar-refractivity contribution in [1.29, 1.82) is 0 Å². The first kappa shape index (κ1) is 16.2. The number of hydrogen-bond donors (Lipinski definition) is 1. The quantitative estimate of drug-likeness (QED) is 0.657. The van der Waals surface area contributed by atoms with Crippen LogP contribution in [0.2, 0.25) is 0 Å². The van der Waals surface area contributed by atoms with Crippen molar-refractivity contribution >= 4 is 57.6 Å². The third-order valence-corrected chi connectivity index (χ3v) is 5.50. The van der Waals surface area contributed by atoms with Gasteiger partial charge in [0.1, 0.15) is 10.4 Å². The standard InChI is InChI=1S/C14H15NO3S3/c1-3-8(2)11(13(17)18)15-12(16)10(21-14(15)19)7-9-5-4-6-20-9/h4-8,11H,3H2,1-2H3,(H,17,18). The second kappa shape index (κ2) is 6.72. The molecule has 2 atom stereocenters. The molecule has 0 bridgehead atoms. The molecule has 2 heterocycles. The minimum Gasteiger partial charge on any atom is -0.480 e. The fraction of sp³-hybridized carbons (Fsp3) is 0.357. The highest BCUT2D eigenvalue weighted by Gasteiger charge is 2.42. The summed E-state index contributed by atoms with van der Waals surface area (Å²) in [6, 6.07) is 2.90. The zero-order chi connectivity index (χ0) is 15.6. The Hall–Kier alpha value is -1.18. The van der Waals surface area contributed by atoms with Gasteiger partial charge in [0.15, 0.2) is 0 Å². The van der Waals surface area contributed by atoms with Gasteiger partial charge in [0.2, 0.25) is 0 Å². The van der Waals surface area contributed by atoms with E-state index in [0.29, 0.717) is 15.6 Å². The maximum Gasteiger partial charge on any atom is 0.327 e. The zero-order valence-corrected chi connectivity index (χ0v) is 14.1. The molecule has 2 rings (SSSR count). The number of hydrogen-bond acceptors (Lipinski definition) is 5. The number of amides is 1. The number of carbonyl (C=O) groups is 2. The minimum atomic E-state index is -1.02. The normalized spacial score (nSPS) is 20.1. The van der Waals surface area contributed by atoms with E-state index in [9.17, 15) is 14.7 Å². The molecule has 112 valence electrons. The number of thioether (sulfide) groups is 1. The zero-order valence-electron chi connectivity index (χ0n) is 11.6.